The molecule has 236 valence electrons. The van der Waals surface area contributed by atoms with Crippen molar-refractivity contribution in [2.75, 3.05) is 6.61 Å². The molecule has 2 aliphatic heterocycles. The number of hydrogen-bond donors (Lipinski definition) is 0. The third kappa shape index (κ3) is 5.52. The van der Waals surface area contributed by atoms with Crippen molar-refractivity contribution in [3.05, 3.63) is 112 Å². The molecule has 1 saturated heterocycles. The molecule has 12 heteroatoms. The molecular weight excluding hydrogens is 632 g/mol. The van der Waals surface area contributed by atoms with E-state index in [2.05, 4.69) is 0 Å². The lowest BCUT2D eigenvalue weighted by Crippen LogP contribution is -2.32. The Morgan fingerprint density at radius 2 is 1.37 bits per heavy atom. The average Bonchev–Trinajstić information content (AvgIpc) is 3.63. The summed E-state index contributed by atoms with van der Waals surface area (Å²) in [6.07, 6.45) is 1.68. The molecule has 5 aromatic rings. The fourth-order valence-electron chi connectivity index (χ4n) is 5.62. The number of ether oxygens (including phenoxy) is 2. The molecule has 1 aromatic heterocycles. The van der Waals surface area contributed by atoms with E-state index < -0.39 is 31.5 Å². The second-order valence-electron chi connectivity index (χ2n) is 11.4. The minimum atomic E-state index is -4.32. The van der Waals surface area contributed by atoms with Gasteiger partial charge in [-0.25, -0.2) is 0 Å². The molecule has 1 unspecified atom stereocenters. The van der Waals surface area contributed by atoms with E-state index in [1.165, 1.54) is 48.5 Å². The molecule has 4 aromatic carbocycles. The van der Waals surface area contributed by atoms with Crippen LogP contribution < -0.4 is 18.5 Å². The van der Waals surface area contributed by atoms with Gasteiger partial charge >= 0.3 is 20.2 Å². The van der Waals surface area contributed by atoms with Gasteiger partial charge in [-0.05, 0) is 68.8 Å². The second-order valence-corrected chi connectivity index (χ2v) is 14.5. The van der Waals surface area contributed by atoms with Crippen molar-refractivity contribution in [2.24, 2.45) is 0 Å². The van der Waals surface area contributed by atoms with E-state index in [9.17, 15) is 21.6 Å². The molecule has 0 aliphatic carbocycles. The van der Waals surface area contributed by atoms with Crippen molar-refractivity contribution >= 4 is 31.2 Å². The topological polar surface area (TPSA) is 135 Å². The number of aryl methyl sites for hydroxylation is 2. The molecule has 0 amide bonds. The Morgan fingerprint density at radius 3 is 1.96 bits per heavy atom. The van der Waals surface area contributed by atoms with Crippen LogP contribution in [0.2, 0.25) is 0 Å². The Morgan fingerprint density at radius 1 is 0.761 bits per heavy atom. The van der Waals surface area contributed by atoms with Crippen LogP contribution in [0.25, 0.3) is 22.3 Å². The third-order valence-corrected chi connectivity index (χ3v) is 10.5. The molecule has 46 heavy (non-hydrogen) atoms. The molecule has 3 heterocycles. The fraction of sp³-hybridized carbons (Fsp3) is 0.206. The number of fused-ring (bicyclic) bond motifs is 3. The molecule has 10 nitrogen and oxygen atoms in total. The van der Waals surface area contributed by atoms with E-state index in [0.29, 0.717) is 36.3 Å². The lowest BCUT2D eigenvalue weighted by Gasteiger charge is -2.21. The first-order valence-electron chi connectivity index (χ1n) is 14.5. The Bertz CT molecular complexity index is 2250. The zero-order chi connectivity index (χ0) is 32.3. The first-order valence-corrected chi connectivity index (χ1v) is 17.3. The summed E-state index contributed by atoms with van der Waals surface area (Å²) in [5.74, 6) is -0.637. The smallest absolute Gasteiger partial charge is 0.339 e. The van der Waals surface area contributed by atoms with Gasteiger partial charge in [0.15, 0.2) is 11.2 Å². The molecule has 1 fully saturated rings. The van der Waals surface area contributed by atoms with E-state index in [1.807, 2.05) is 13.8 Å². The maximum Gasteiger partial charge on any atom is 0.339 e. The summed E-state index contributed by atoms with van der Waals surface area (Å²) in [5, 5.41) is -0.0546. The highest BCUT2D eigenvalue weighted by atomic mass is 32.2. The summed E-state index contributed by atoms with van der Waals surface area (Å²) >= 11 is 0. The van der Waals surface area contributed by atoms with Crippen LogP contribution in [0.5, 0.6) is 17.2 Å². The summed E-state index contributed by atoms with van der Waals surface area (Å²) in [5.41, 5.74) is 2.37. The predicted octanol–water partition coefficient (Wildman–Crippen LogP) is 6.05. The molecule has 0 bridgehead atoms. The molecule has 1 atom stereocenters. The third-order valence-electron chi connectivity index (χ3n) is 8.00. The van der Waals surface area contributed by atoms with Crippen LogP contribution in [0, 0.1) is 13.8 Å². The maximum absolute atomic E-state index is 13.7. The van der Waals surface area contributed by atoms with Gasteiger partial charge in [0, 0.05) is 36.1 Å². The highest BCUT2D eigenvalue weighted by Crippen LogP contribution is 2.47. The van der Waals surface area contributed by atoms with Crippen molar-refractivity contribution in [3.63, 3.8) is 0 Å². The van der Waals surface area contributed by atoms with Crippen LogP contribution in [-0.2, 0) is 31.4 Å². The van der Waals surface area contributed by atoms with Crippen molar-refractivity contribution in [1.29, 1.82) is 0 Å². The van der Waals surface area contributed by atoms with Gasteiger partial charge in [-0.2, -0.15) is 16.8 Å². The van der Waals surface area contributed by atoms with E-state index in [-0.39, 0.29) is 38.0 Å². The molecule has 0 N–H and O–H groups in total. The molecule has 0 saturated carbocycles. The van der Waals surface area contributed by atoms with Crippen molar-refractivity contribution in [3.8, 4) is 28.6 Å². The van der Waals surface area contributed by atoms with Crippen LogP contribution in [-0.4, -0.2) is 29.2 Å². The van der Waals surface area contributed by atoms with Gasteiger partial charge in [0.05, 0.1) is 6.61 Å². The Kier molecular flexibility index (Phi) is 7.18. The van der Waals surface area contributed by atoms with Crippen molar-refractivity contribution < 1.29 is 39.1 Å². The van der Waals surface area contributed by atoms with Crippen LogP contribution in [0.15, 0.2) is 104 Å². The zero-order valence-corrected chi connectivity index (χ0v) is 26.4. The Balaban J connectivity index is 1.28. The number of benzene rings is 4. The SMILES string of the molecule is Cc1ccc(S(=O)(=O)Oc2ccc(-c3cc(=O)c4c(OS(=O)(=O)c5ccc(C)cc5)cc5c(c4o3)CC3(CCCO3)O5)cc2)cc1. The maximum atomic E-state index is 13.7. The number of hydrogen-bond acceptors (Lipinski definition) is 10. The molecule has 2 aliphatic rings. The summed E-state index contributed by atoms with van der Waals surface area (Å²) in [6.45, 7) is 4.19. The van der Waals surface area contributed by atoms with Gasteiger partial charge in [0.25, 0.3) is 0 Å². The Labute approximate surface area is 265 Å². The van der Waals surface area contributed by atoms with Crippen LogP contribution >= 0.6 is 0 Å². The lowest BCUT2D eigenvalue weighted by molar-refractivity contribution is -0.134. The average molecular weight is 661 g/mol. The zero-order valence-electron chi connectivity index (χ0n) is 24.8. The lowest BCUT2D eigenvalue weighted by atomic mass is 10.0. The standard InChI is InChI=1S/C34H28O10S2/c1-21-4-12-25(13-5-21)45(36,37)43-24-10-8-23(9-11-24)29-18-28(35)32-31(44-46(38,39)26-14-6-22(2)7-15-26)19-30-27(33(32)41-29)20-34(42-30)16-3-17-40-34/h4-15,18-19H,3,16-17,20H2,1-2H3. The summed E-state index contributed by atoms with van der Waals surface area (Å²) in [7, 11) is -8.38. The Hall–Kier alpha value is -4.65. The van der Waals surface area contributed by atoms with Gasteiger partial charge in [0.1, 0.15) is 38.0 Å². The van der Waals surface area contributed by atoms with E-state index in [0.717, 1.165) is 17.5 Å². The minimum Gasteiger partial charge on any atom is -0.461 e. The highest BCUT2D eigenvalue weighted by molar-refractivity contribution is 7.87. The molecule has 1 spiro atoms. The first kappa shape index (κ1) is 30.0. The summed E-state index contributed by atoms with van der Waals surface area (Å²) in [6, 6.07) is 21.1. The van der Waals surface area contributed by atoms with Crippen molar-refractivity contribution in [1.82, 2.24) is 0 Å². The molecule has 7 rings (SSSR count). The van der Waals surface area contributed by atoms with Gasteiger partial charge in [-0.1, -0.05) is 35.4 Å². The van der Waals surface area contributed by atoms with Crippen LogP contribution in [0.1, 0.15) is 29.5 Å². The predicted molar refractivity (Wildman–Crippen MR) is 168 cm³/mol. The minimum absolute atomic E-state index is 0.0187. The van der Waals surface area contributed by atoms with E-state index >= 15 is 0 Å². The van der Waals surface area contributed by atoms with Gasteiger partial charge in [-0.3, -0.25) is 4.79 Å². The highest BCUT2D eigenvalue weighted by Gasteiger charge is 2.45. The largest absolute Gasteiger partial charge is 0.461 e. The van der Waals surface area contributed by atoms with Gasteiger partial charge < -0.3 is 22.3 Å². The second kappa shape index (κ2) is 11.0. The van der Waals surface area contributed by atoms with Gasteiger partial charge in [-0.15, -0.1) is 0 Å². The monoisotopic (exact) mass is 660 g/mol. The first-order chi connectivity index (χ1) is 21.9. The quantitative estimate of drug-likeness (QED) is 0.190. The van der Waals surface area contributed by atoms with Gasteiger partial charge in [0.2, 0.25) is 5.79 Å². The molecular formula is C34H28O10S2. The van der Waals surface area contributed by atoms with Crippen LogP contribution in [0.4, 0.5) is 0 Å². The van der Waals surface area contributed by atoms with E-state index in [1.54, 1.807) is 36.4 Å². The summed E-state index contributed by atoms with van der Waals surface area (Å²) in [4.78, 5) is 13.6. The normalized spacial score (nSPS) is 17.6. The van der Waals surface area contributed by atoms with Crippen LogP contribution in [0.3, 0.4) is 0 Å². The van der Waals surface area contributed by atoms with E-state index in [4.69, 9.17) is 22.3 Å². The van der Waals surface area contributed by atoms with Crippen molar-refractivity contribution in [2.45, 2.75) is 48.7 Å². The summed E-state index contributed by atoms with van der Waals surface area (Å²) < 4.78 is 81.3. The number of rotatable bonds is 7. The molecule has 0 radical (unpaired) electrons. The fourth-order valence-corrected chi connectivity index (χ4v) is 7.48.